The molecule has 0 saturated carbocycles. The minimum Gasteiger partial charge on any atom is -0.457 e. The Bertz CT molecular complexity index is 3120. The Morgan fingerprint density at radius 2 is 1.56 bits per heavy atom. The van der Waals surface area contributed by atoms with Gasteiger partial charge in [0.2, 0.25) is 23.3 Å². The highest BCUT2D eigenvalue weighted by molar-refractivity contribution is 9.10. The maximum atomic E-state index is 14.0. The Kier molecular flexibility index (Phi) is 17.6. The summed E-state index contributed by atoms with van der Waals surface area (Å²) in [5.41, 5.74) is 6.98. The minimum atomic E-state index is -1.92. The van der Waals surface area contributed by atoms with Gasteiger partial charge in [0, 0.05) is 84.5 Å². The van der Waals surface area contributed by atoms with E-state index in [1.54, 1.807) is 55.7 Å². The molecule has 4 aliphatic rings. The summed E-state index contributed by atoms with van der Waals surface area (Å²) in [5.74, 6) is -3.42. The van der Waals surface area contributed by atoms with E-state index in [-0.39, 0.29) is 125 Å². The summed E-state index contributed by atoms with van der Waals surface area (Å²) in [4.78, 5) is 139. The van der Waals surface area contributed by atoms with Crippen molar-refractivity contribution in [3.05, 3.63) is 104 Å². The molecule has 4 aliphatic heterocycles. The monoisotopic (exact) mass is 1140 g/mol. The first-order chi connectivity index (χ1) is 37.4. The largest absolute Gasteiger partial charge is 0.457 e. The van der Waals surface area contributed by atoms with Gasteiger partial charge in [0.25, 0.3) is 17.4 Å². The van der Waals surface area contributed by atoms with E-state index in [4.69, 9.17) is 24.9 Å². The molecular formula is C54H61BrN10O13. The first-order valence-corrected chi connectivity index (χ1v) is 26.7. The first kappa shape index (κ1) is 56.1. The highest BCUT2D eigenvalue weighted by atomic mass is 79.9. The van der Waals surface area contributed by atoms with Gasteiger partial charge in [-0.2, -0.15) is 0 Å². The van der Waals surface area contributed by atoms with Gasteiger partial charge in [0.05, 0.1) is 29.0 Å². The van der Waals surface area contributed by atoms with Gasteiger partial charge >= 0.3 is 24.2 Å². The lowest BCUT2D eigenvalue weighted by Gasteiger charge is -2.39. The number of cyclic esters (lactones) is 1. The van der Waals surface area contributed by atoms with Gasteiger partial charge in [-0.25, -0.2) is 24.2 Å². The van der Waals surface area contributed by atoms with E-state index < -0.39 is 53.7 Å². The second-order valence-electron chi connectivity index (χ2n) is 19.7. The van der Waals surface area contributed by atoms with Gasteiger partial charge in [-0.3, -0.25) is 33.7 Å². The second-order valence-corrected chi connectivity index (χ2v) is 20.6. The number of nitrogens with two attached hydrogens (primary N) is 1. The van der Waals surface area contributed by atoms with E-state index in [1.165, 1.54) is 22.0 Å². The van der Waals surface area contributed by atoms with Crippen LogP contribution >= 0.6 is 15.9 Å². The zero-order chi connectivity index (χ0) is 55.8. The molecule has 2 aromatic heterocycles. The molecule has 6 N–H and O–H groups in total. The summed E-state index contributed by atoms with van der Waals surface area (Å²) in [5, 5.41) is 11.6. The van der Waals surface area contributed by atoms with Crippen LogP contribution in [0.4, 0.5) is 20.1 Å². The Hall–Kier alpha value is -8.15. The molecule has 24 heteroatoms. The van der Waals surface area contributed by atoms with Crippen LogP contribution in [-0.4, -0.2) is 129 Å². The molecule has 2 unspecified atom stereocenters. The predicted octanol–water partition coefficient (Wildman–Crippen LogP) is 4.44. The van der Waals surface area contributed by atoms with Crippen molar-refractivity contribution < 1.29 is 57.4 Å². The van der Waals surface area contributed by atoms with Crippen LogP contribution in [0.5, 0.6) is 0 Å². The molecule has 9 amide bonds. The molecule has 78 heavy (non-hydrogen) atoms. The molecule has 23 nitrogen and oxygen atoms in total. The molecule has 412 valence electrons. The number of anilines is 1. The fourth-order valence-electron chi connectivity index (χ4n) is 9.77. The summed E-state index contributed by atoms with van der Waals surface area (Å²) in [6, 6.07) is 13.0. The van der Waals surface area contributed by atoms with Crippen molar-refractivity contribution >= 4 is 86.2 Å². The van der Waals surface area contributed by atoms with Crippen LogP contribution in [0.15, 0.2) is 76.0 Å². The number of hydrogen-bond donors (Lipinski definition) is 5. The molecule has 8 rings (SSSR count). The minimum absolute atomic E-state index is 0.0182. The zero-order valence-corrected chi connectivity index (χ0v) is 45.0. The number of rotatable bonds is 20. The van der Waals surface area contributed by atoms with Gasteiger partial charge in [-0.15, -0.1) is 0 Å². The van der Waals surface area contributed by atoms with E-state index in [0.29, 0.717) is 47.4 Å². The van der Waals surface area contributed by atoms with Gasteiger partial charge in [0.1, 0.15) is 25.3 Å². The number of nitrogens with one attached hydrogen (secondary N) is 4. The Balaban J connectivity index is 0.817. The number of fused-ring (bicyclic) bond motifs is 5. The highest BCUT2D eigenvalue weighted by Gasteiger charge is 2.51. The molecule has 4 aromatic rings. The molecule has 0 spiro atoms. The molecule has 6 heterocycles. The number of pyridine rings is 2. The molecule has 0 aliphatic carbocycles. The van der Waals surface area contributed by atoms with E-state index in [0.717, 1.165) is 20.3 Å². The fraction of sp³-hybridized carbons (Fsp3) is 0.426. The number of piperazine rings is 1. The molecule has 1 saturated heterocycles. The SMILES string of the molecule is CC[C@@]1(OC(=O)N2CCN(C(=O)OCc3ccc(NC(=O)C(CCCNC(N)=O)NC(=O)C(NC(=O)CCCCCN4C(=O)C=CC4=O)C(C)C)cc3)CC2)C(=O)OCc2c1cc1n(c2=O)Cc2cc3c(Br)cccc3nc2-1. The van der Waals surface area contributed by atoms with E-state index in [1.807, 2.05) is 24.3 Å². The topological polar surface area (TPSA) is 300 Å². The number of carbonyl (C=O) groups excluding carboxylic acids is 9. The number of urea groups is 1. The number of imide groups is 1. The lowest BCUT2D eigenvalue weighted by molar-refractivity contribution is -0.173. The number of halogens is 1. The number of esters is 1. The summed E-state index contributed by atoms with van der Waals surface area (Å²) in [7, 11) is 0. The van der Waals surface area contributed by atoms with Crippen LogP contribution in [0.2, 0.25) is 0 Å². The van der Waals surface area contributed by atoms with Crippen molar-refractivity contribution in [2.24, 2.45) is 11.7 Å². The fourth-order valence-corrected chi connectivity index (χ4v) is 10.2. The van der Waals surface area contributed by atoms with E-state index in [9.17, 15) is 47.9 Å². The Labute approximate surface area is 456 Å². The van der Waals surface area contributed by atoms with Crippen LogP contribution < -0.4 is 32.6 Å². The van der Waals surface area contributed by atoms with Crippen molar-refractivity contribution in [3.63, 3.8) is 0 Å². The summed E-state index contributed by atoms with van der Waals surface area (Å²) in [6.45, 7) is 5.71. The van der Waals surface area contributed by atoms with Crippen LogP contribution in [-0.2, 0) is 68.3 Å². The predicted molar refractivity (Wildman–Crippen MR) is 285 cm³/mol. The Morgan fingerprint density at radius 3 is 2.24 bits per heavy atom. The number of carbonyl (C=O) groups is 9. The van der Waals surface area contributed by atoms with Crippen molar-refractivity contribution in [3.8, 4) is 11.4 Å². The van der Waals surface area contributed by atoms with Gasteiger partial charge in [-0.05, 0) is 80.0 Å². The standard InChI is InChI=1S/C54H61BrN10O13/c1-4-54(37-27-41-46-33(26-35-38(55)10-8-11-39(35)59-46)28-65(41)49(71)36(37)30-76-50(54)72)78-53(75)63-24-22-62(23-25-63)52(74)77-29-32-14-16-34(17-15-32)58-47(69)40(12-9-20-57-51(56)73)60-48(70)45(31(2)3)61-42(66)13-6-5-7-21-64-43(67)18-19-44(64)68/h8,10-11,14-19,26-27,31,40,45H,4-7,9,12-13,20-25,28-30H2,1-3H3,(H,58,69)(H,60,70)(H,61,66)(H3,56,57,73)/t40?,45?,54-/m0/s1. The molecule has 0 bridgehead atoms. The summed E-state index contributed by atoms with van der Waals surface area (Å²) in [6.07, 6.45) is 2.98. The van der Waals surface area contributed by atoms with Crippen molar-refractivity contribution in [2.45, 2.75) is 103 Å². The molecule has 3 atom stereocenters. The number of unbranched alkanes of at least 4 members (excludes halogenated alkanes) is 2. The van der Waals surface area contributed by atoms with Gasteiger partial charge in [0.15, 0.2) is 0 Å². The smallest absolute Gasteiger partial charge is 0.411 e. The number of primary amides is 1. The van der Waals surface area contributed by atoms with E-state index in [2.05, 4.69) is 37.2 Å². The normalized spacial score (nSPS) is 17.2. The van der Waals surface area contributed by atoms with Gasteiger partial charge in [-0.1, -0.05) is 61.3 Å². The number of amides is 9. The third-order valence-corrected chi connectivity index (χ3v) is 14.9. The average Bonchev–Trinajstić information content (AvgIpc) is 4.16. The number of aromatic nitrogens is 2. The lowest BCUT2D eigenvalue weighted by Crippen LogP contribution is -2.54. The van der Waals surface area contributed by atoms with Crippen molar-refractivity contribution in [1.29, 1.82) is 0 Å². The van der Waals surface area contributed by atoms with Crippen LogP contribution in [0.25, 0.3) is 22.3 Å². The third kappa shape index (κ3) is 12.5. The van der Waals surface area contributed by atoms with E-state index >= 15 is 0 Å². The number of ether oxygens (including phenoxy) is 3. The second kappa shape index (κ2) is 24.5. The maximum Gasteiger partial charge on any atom is 0.411 e. The molecule has 1 fully saturated rings. The first-order valence-electron chi connectivity index (χ1n) is 25.9. The number of benzene rings is 2. The Morgan fingerprint density at radius 1 is 0.859 bits per heavy atom. The third-order valence-electron chi connectivity index (χ3n) is 14.2. The molecular weight excluding hydrogens is 1080 g/mol. The van der Waals surface area contributed by atoms with Crippen molar-refractivity contribution in [1.82, 2.24) is 40.2 Å². The quantitative estimate of drug-likeness (QED) is 0.0312. The molecule has 2 aromatic carbocycles. The van der Waals surface area contributed by atoms with Crippen LogP contribution in [0.1, 0.15) is 88.0 Å². The highest BCUT2D eigenvalue weighted by Crippen LogP contribution is 2.42. The average molecular weight is 1140 g/mol. The van der Waals surface area contributed by atoms with Crippen molar-refractivity contribution in [2.75, 3.05) is 44.6 Å². The zero-order valence-electron chi connectivity index (χ0n) is 43.4. The summed E-state index contributed by atoms with van der Waals surface area (Å²) < 4.78 is 19.6. The summed E-state index contributed by atoms with van der Waals surface area (Å²) >= 11 is 3.58. The maximum absolute atomic E-state index is 14.0. The number of hydrogen-bond acceptors (Lipinski definition) is 14. The lowest BCUT2D eigenvalue weighted by atomic mass is 9.85. The number of nitrogens with zero attached hydrogens (tertiary/aromatic N) is 5. The molecule has 0 radical (unpaired) electrons. The van der Waals surface area contributed by atoms with Crippen LogP contribution in [0, 0.1) is 5.92 Å². The van der Waals surface area contributed by atoms with Gasteiger partial charge < -0.3 is 55.6 Å². The van der Waals surface area contributed by atoms with Crippen LogP contribution in [0.3, 0.4) is 0 Å².